The number of amides is 2. The Kier molecular flexibility index (Phi) is 6.23. The van der Waals surface area contributed by atoms with Crippen LogP contribution in [-0.4, -0.2) is 69.0 Å². The second kappa shape index (κ2) is 9.42. The second-order valence-electron chi connectivity index (χ2n) is 9.27. The third-order valence-electron chi connectivity index (χ3n) is 7.04. The number of aromatic nitrogens is 4. The first-order chi connectivity index (χ1) is 15.7. The molecule has 0 aliphatic carbocycles. The molecular formula is C23H33N7O2. The number of carbonyl (C=O) groups excluding carboxylic acids is 2. The molecule has 0 unspecified atom stereocenters. The first-order valence-electron chi connectivity index (χ1n) is 12.2. The fourth-order valence-corrected chi connectivity index (χ4v) is 5.31. The lowest BCUT2D eigenvalue weighted by Gasteiger charge is -2.32. The quantitative estimate of drug-likeness (QED) is 0.691. The lowest BCUT2D eigenvalue weighted by atomic mass is 9.97. The largest absolute Gasteiger partial charge is 0.356 e. The van der Waals surface area contributed by atoms with Crippen LogP contribution in [0, 0.1) is 5.92 Å². The maximum atomic E-state index is 12.8. The average molecular weight is 440 g/mol. The Bertz CT molecular complexity index is 988. The number of piperidine rings is 1. The zero-order valence-electron chi connectivity index (χ0n) is 18.8. The van der Waals surface area contributed by atoms with Gasteiger partial charge >= 0.3 is 0 Å². The van der Waals surface area contributed by atoms with Gasteiger partial charge in [-0.1, -0.05) is 6.42 Å². The molecule has 1 atom stereocenters. The number of nitrogens with zero attached hydrogens (tertiary/aromatic N) is 6. The van der Waals surface area contributed by atoms with Crippen LogP contribution in [0.25, 0.3) is 11.2 Å². The molecule has 2 aromatic heterocycles. The molecule has 3 aliphatic heterocycles. The third kappa shape index (κ3) is 4.29. The van der Waals surface area contributed by atoms with Crippen LogP contribution < -0.4 is 10.2 Å². The van der Waals surface area contributed by atoms with E-state index < -0.39 is 0 Å². The van der Waals surface area contributed by atoms with Crippen molar-refractivity contribution in [3.8, 4) is 0 Å². The molecule has 3 aliphatic rings. The highest BCUT2D eigenvalue weighted by Crippen LogP contribution is 2.29. The van der Waals surface area contributed by atoms with Gasteiger partial charge < -0.3 is 19.7 Å². The highest BCUT2D eigenvalue weighted by Gasteiger charge is 2.29. The lowest BCUT2D eigenvalue weighted by Crippen LogP contribution is -2.44. The van der Waals surface area contributed by atoms with Gasteiger partial charge in [0.2, 0.25) is 11.8 Å². The highest BCUT2D eigenvalue weighted by molar-refractivity contribution is 5.85. The number of nitrogens with one attached hydrogen (secondary N) is 1. The molecule has 2 amide bonds. The molecule has 5 heterocycles. The summed E-state index contributed by atoms with van der Waals surface area (Å²) in [4.78, 5) is 42.7. The maximum absolute atomic E-state index is 12.8. The number of carbonyl (C=O) groups is 2. The van der Waals surface area contributed by atoms with Crippen LogP contribution in [0.5, 0.6) is 0 Å². The average Bonchev–Trinajstić information content (AvgIpc) is 3.30. The summed E-state index contributed by atoms with van der Waals surface area (Å²) in [5.41, 5.74) is 1.80. The fourth-order valence-electron chi connectivity index (χ4n) is 5.31. The van der Waals surface area contributed by atoms with Crippen molar-refractivity contribution in [1.29, 1.82) is 0 Å². The molecule has 5 rings (SSSR count). The Labute approximate surface area is 188 Å². The molecule has 0 radical (unpaired) electrons. The van der Waals surface area contributed by atoms with Crippen molar-refractivity contribution in [2.45, 2.75) is 64.3 Å². The van der Waals surface area contributed by atoms with Crippen LogP contribution in [0.3, 0.4) is 0 Å². The van der Waals surface area contributed by atoms with Crippen LogP contribution in [0.2, 0.25) is 0 Å². The monoisotopic (exact) mass is 439 g/mol. The van der Waals surface area contributed by atoms with Gasteiger partial charge in [0, 0.05) is 52.1 Å². The summed E-state index contributed by atoms with van der Waals surface area (Å²) in [5.74, 6) is 2.27. The van der Waals surface area contributed by atoms with Crippen LogP contribution in [0.4, 0.5) is 5.82 Å². The van der Waals surface area contributed by atoms with E-state index in [-0.39, 0.29) is 17.7 Å². The maximum Gasteiger partial charge on any atom is 0.224 e. The van der Waals surface area contributed by atoms with Crippen molar-refractivity contribution in [2.24, 2.45) is 5.92 Å². The minimum Gasteiger partial charge on any atom is -0.356 e. The van der Waals surface area contributed by atoms with E-state index in [0.717, 1.165) is 87.5 Å². The number of fused-ring (bicyclic) bond motifs is 3. The lowest BCUT2D eigenvalue weighted by molar-refractivity contribution is -0.127. The topological polar surface area (TPSA) is 96.2 Å². The summed E-state index contributed by atoms with van der Waals surface area (Å²) < 4.78 is 2.26. The minimum atomic E-state index is -0.0531. The molecule has 0 spiro atoms. The van der Waals surface area contributed by atoms with E-state index in [1.807, 2.05) is 4.90 Å². The van der Waals surface area contributed by atoms with Gasteiger partial charge in [-0.25, -0.2) is 15.0 Å². The summed E-state index contributed by atoms with van der Waals surface area (Å²) in [6.07, 6.45) is 10.5. The number of aryl methyl sites for hydroxylation is 2. The van der Waals surface area contributed by atoms with E-state index in [1.165, 1.54) is 12.8 Å². The second-order valence-corrected chi connectivity index (χ2v) is 9.27. The van der Waals surface area contributed by atoms with E-state index in [2.05, 4.69) is 24.8 Å². The highest BCUT2D eigenvalue weighted by atomic mass is 16.2. The molecule has 2 aromatic rings. The molecule has 9 nitrogen and oxygen atoms in total. The van der Waals surface area contributed by atoms with Crippen molar-refractivity contribution in [3.05, 3.63) is 12.2 Å². The molecule has 2 fully saturated rings. The minimum absolute atomic E-state index is 0.0531. The molecule has 32 heavy (non-hydrogen) atoms. The summed E-state index contributed by atoms with van der Waals surface area (Å²) in [6.45, 7) is 4.72. The van der Waals surface area contributed by atoms with Crippen molar-refractivity contribution < 1.29 is 9.59 Å². The Morgan fingerprint density at radius 1 is 1.06 bits per heavy atom. The van der Waals surface area contributed by atoms with Crippen LogP contribution >= 0.6 is 0 Å². The summed E-state index contributed by atoms with van der Waals surface area (Å²) in [5, 5.41) is 3.09. The molecule has 172 valence electrons. The number of likely N-dealkylation sites (tertiary alicyclic amines) is 1. The smallest absolute Gasteiger partial charge is 0.224 e. The van der Waals surface area contributed by atoms with Crippen molar-refractivity contribution >= 4 is 28.8 Å². The van der Waals surface area contributed by atoms with Gasteiger partial charge in [-0.2, -0.15) is 0 Å². The third-order valence-corrected chi connectivity index (χ3v) is 7.04. The first-order valence-corrected chi connectivity index (χ1v) is 12.2. The number of hydrogen-bond acceptors (Lipinski definition) is 6. The summed E-state index contributed by atoms with van der Waals surface area (Å²) >= 11 is 0. The van der Waals surface area contributed by atoms with E-state index in [1.54, 1.807) is 6.33 Å². The zero-order valence-corrected chi connectivity index (χ0v) is 18.8. The Morgan fingerprint density at radius 3 is 2.88 bits per heavy atom. The number of rotatable bonds is 6. The van der Waals surface area contributed by atoms with Gasteiger partial charge in [0.05, 0.1) is 5.92 Å². The van der Waals surface area contributed by atoms with E-state index >= 15 is 0 Å². The number of hydrogen-bond donors (Lipinski definition) is 1. The van der Waals surface area contributed by atoms with Crippen LogP contribution in [-0.2, 0) is 22.6 Å². The normalized spacial score (nSPS) is 21.6. The van der Waals surface area contributed by atoms with Crippen molar-refractivity contribution in [2.75, 3.05) is 37.6 Å². The van der Waals surface area contributed by atoms with E-state index in [9.17, 15) is 9.59 Å². The molecule has 0 bridgehead atoms. The van der Waals surface area contributed by atoms with Crippen LogP contribution in [0.1, 0.15) is 57.2 Å². The predicted octanol–water partition coefficient (Wildman–Crippen LogP) is 1.90. The Hall–Kier alpha value is -2.71. The van der Waals surface area contributed by atoms with Gasteiger partial charge in [-0.15, -0.1) is 0 Å². The van der Waals surface area contributed by atoms with Gasteiger partial charge in [0.1, 0.15) is 12.2 Å². The van der Waals surface area contributed by atoms with Gasteiger partial charge in [-0.05, 0) is 38.5 Å². The van der Waals surface area contributed by atoms with Gasteiger partial charge in [0.25, 0.3) is 0 Å². The first kappa shape index (κ1) is 21.2. The summed E-state index contributed by atoms with van der Waals surface area (Å²) in [7, 11) is 0. The molecule has 1 N–H and O–H groups in total. The van der Waals surface area contributed by atoms with Gasteiger partial charge in [-0.3, -0.25) is 9.59 Å². The fraction of sp³-hybridized carbons (Fsp3) is 0.696. The van der Waals surface area contributed by atoms with E-state index in [0.29, 0.717) is 19.5 Å². The summed E-state index contributed by atoms with van der Waals surface area (Å²) in [6, 6.07) is 0. The zero-order chi connectivity index (χ0) is 21.9. The molecule has 9 heteroatoms. The standard InChI is InChI=1S/C23H33N7O2/c31-19-9-5-11-28(19)13-6-10-24-23(32)17-7-4-12-29(15-17)21-20-22(26-16-25-21)30-14-3-1-2-8-18(30)27-20/h16-17H,1-15H2,(H,24,32)/t17-/m1/s1. The van der Waals surface area contributed by atoms with Gasteiger partial charge in [0.15, 0.2) is 17.0 Å². The molecule has 0 aromatic carbocycles. The molecule has 0 saturated carbocycles. The number of imidazole rings is 1. The van der Waals surface area contributed by atoms with Crippen LogP contribution in [0.15, 0.2) is 6.33 Å². The van der Waals surface area contributed by atoms with E-state index in [4.69, 9.17) is 4.98 Å². The molecule has 2 saturated heterocycles. The molecular weight excluding hydrogens is 406 g/mol. The van der Waals surface area contributed by atoms with Crippen molar-refractivity contribution in [1.82, 2.24) is 29.7 Å². The Morgan fingerprint density at radius 2 is 2.00 bits per heavy atom. The predicted molar refractivity (Wildman–Crippen MR) is 121 cm³/mol. The van der Waals surface area contributed by atoms with Crippen molar-refractivity contribution in [3.63, 3.8) is 0 Å². The number of anilines is 1. The Balaban J connectivity index is 1.21. The SMILES string of the molecule is O=C(NCCCN1CCCC1=O)[C@@H]1CCCN(c2ncnc3c2nc2n3CCCCC2)C1.